The van der Waals surface area contributed by atoms with Crippen LogP contribution in [0.25, 0.3) is 0 Å². The molecule has 0 saturated carbocycles. The van der Waals surface area contributed by atoms with E-state index >= 15 is 0 Å². The molecule has 1 heterocycles. The van der Waals surface area contributed by atoms with Crippen LogP contribution in [0.3, 0.4) is 0 Å². The third kappa shape index (κ3) is 5.19. The van der Waals surface area contributed by atoms with E-state index in [4.69, 9.17) is 0 Å². The maximum atomic E-state index is 3.61. The van der Waals surface area contributed by atoms with Crippen molar-refractivity contribution in [2.24, 2.45) is 5.92 Å². The molecule has 3 heteroatoms. The Morgan fingerprint density at radius 1 is 1.29 bits per heavy atom. The number of nitrogens with one attached hydrogen (secondary N) is 1. The first-order valence-electron chi connectivity index (χ1n) is 7.13. The fraction of sp³-hybridized carbons (Fsp3) is 1.00. The first kappa shape index (κ1) is 15.3. The quantitative estimate of drug-likeness (QED) is 0.789. The molecular weight excluding hydrogens is 228 g/mol. The predicted octanol–water partition coefficient (Wildman–Crippen LogP) is 2.84. The van der Waals surface area contributed by atoms with E-state index in [0.29, 0.717) is 12.1 Å². The first-order valence-corrected chi connectivity index (χ1v) is 8.18. The monoisotopic (exact) mass is 258 g/mol. The van der Waals surface area contributed by atoms with Gasteiger partial charge in [-0.25, -0.2) is 0 Å². The minimum absolute atomic E-state index is 0.595. The third-order valence-corrected chi connectivity index (χ3v) is 4.97. The van der Waals surface area contributed by atoms with Crippen molar-refractivity contribution in [3.63, 3.8) is 0 Å². The van der Waals surface area contributed by atoms with Crippen molar-refractivity contribution >= 4 is 11.8 Å². The van der Waals surface area contributed by atoms with E-state index in [1.54, 1.807) is 0 Å². The highest BCUT2D eigenvalue weighted by Crippen LogP contribution is 2.24. The molecule has 0 aromatic carbocycles. The van der Waals surface area contributed by atoms with Gasteiger partial charge in [0.05, 0.1) is 0 Å². The van der Waals surface area contributed by atoms with Gasteiger partial charge < -0.3 is 5.32 Å². The SMILES string of the molecule is CCC1CN(C(CNC(C)C)C(C)C)CCS1. The summed E-state index contributed by atoms with van der Waals surface area (Å²) in [6.45, 7) is 15.2. The van der Waals surface area contributed by atoms with Crippen LogP contribution in [-0.4, -0.2) is 47.6 Å². The zero-order valence-electron chi connectivity index (χ0n) is 12.2. The molecule has 0 aromatic rings. The Bertz CT molecular complexity index is 206. The summed E-state index contributed by atoms with van der Waals surface area (Å²) in [5, 5.41) is 4.46. The molecule has 0 aromatic heterocycles. The summed E-state index contributed by atoms with van der Waals surface area (Å²) in [5.74, 6) is 2.05. The Hall–Kier alpha value is 0.270. The summed E-state index contributed by atoms with van der Waals surface area (Å²) < 4.78 is 0. The van der Waals surface area contributed by atoms with Crippen LogP contribution in [0, 0.1) is 5.92 Å². The Morgan fingerprint density at radius 3 is 2.53 bits per heavy atom. The van der Waals surface area contributed by atoms with Crippen molar-refractivity contribution in [3.8, 4) is 0 Å². The molecule has 2 unspecified atom stereocenters. The topological polar surface area (TPSA) is 15.3 Å². The number of hydrogen-bond donors (Lipinski definition) is 1. The molecule has 0 spiro atoms. The van der Waals surface area contributed by atoms with Gasteiger partial charge in [0.2, 0.25) is 0 Å². The molecular formula is C14H30N2S. The lowest BCUT2D eigenvalue weighted by Gasteiger charge is -2.40. The van der Waals surface area contributed by atoms with Crippen LogP contribution in [0.15, 0.2) is 0 Å². The molecule has 0 aliphatic carbocycles. The molecule has 1 aliphatic heterocycles. The van der Waals surface area contributed by atoms with Crippen molar-refractivity contribution in [2.75, 3.05) is 25.4 Å². The predicted molar refractivity (Wildman–Crippen MR) is 79.9 cm³/mol. The van der Waals surface area contributed by atoms with Crippen LogP contribution in [0.2, 0.25) is 0 Å². The average molecular weight is 258 g/mol. The van der Waals surface area contributed by atoms with Gasteiger partial charge in [-0.05, 0) is 12.3 Å². The lowest BCUT2D eigenvalue weighted by atomic mass is 10.0. The number of nitrogens with zero attached hydrogens (tertiary/aromatic N) is 1. The average Bonchev–Trinajstić information content (AvgIpc) is 2.28. The second-order valence-electron chi connectivity index (χ2n) is 5.77. The highest BCUT2D eigenvalue weighted by Gasteiger charge is 2.27. The van der Waals surface area contributed by atoms with E-state index in [1.165, 1.54) is 25.3 Å². The number of thioether (sulfide) groups is 1. The van der Waals surface area contributed by atoms with Crippen LogP contribution < -0.4 is 5.32 Å². The van der Waals surface area contributed by atoms with Crippen molar-refractivity contribution < 1.29 is 0 Å². The third-order valence-electron chi connectivity index (χ3n) is 3.60. The number of hydrogen-bond acceptors (Lipinski definition) is 3. The molecule has 1 N–H and O–H groups in total. The maximum Gasteiger partial charge on any atom is 0.0244 e. The molecule has 2 nitrogen and oxygen atoms in total. The molecule has 17 heavy (non-hydrogen) atoms. The largest absolute Gasteiger partial charge is 0.313 e. The fourth-order valence-corrected chi connectivity index (χ4v) is 3.64. The van der Waals surface area contributed by atoms with Gasteiger partial charge in [-0.15, -0.1) is 0 Å². The van der Waals surface area contributed by atoms with Crippen molar-refractivity contribution in [3.05, 3.63) is 0 Å². The summed E-state index contributed by atoms with van der Waals surface area (Å²) in [4.78, 5) is 2.71. The van der Waals surface area contributed by atoms with Gasteiger partial charge in [0.1, 0.15) is 0 Å². The summed E-state index contributed by atoms with van der Waals surface area (Å²) in [5.41, 5.74) is 0. The van der Waals surface area contributed by atoms with E-state index in [9.17, 15) is 0 Å². The van der Waals surface area contributed by atoms with E-state index in [-0.39, 0.29) is 0 Å². The van der Waals surface area contributed by atoms with Gasteiger partial charge in [0.15, 0.2) is 0 Å². The van der Waals surface area contributed by atoms with Gasteiger partial charge in [-0.3, -0.25) is 4.90 Å². The Morgan fingerprint density at radius 2 is 2.00 bits per heavy atom. The molecule has 0 amide bonds. The van der Waals surface area contributed by atoms with E-state index in [2.05, 4.69) is 56.6 Å². The van der Waals surface area contributed by atoms with Crippen molar-refractivity contribution in [2.45, 2.75) is 58.4 Å². The van der Waals surface area contributed by atoms with Crippen molar-refractivity contribution in [1.82, 2.24) is 10.2 Å². The summed E-state index contributed by atoms with van der Waals surface area (Å²) in [6.07, 6.45) is 1.31. The Labute approximate surface area is 112 Å². The van der Waals surface area contributed by atoms with Gasteiger partial charge in [-0.1, -0.05) is 34.6 Å². The first-order chi connectivity index (χ1) is 8.04. The molecule has 102 valence electrons. The van der Waals surface area contributed by atoms with Crippen LogP contribution in [0.4, 0.5) is 0 Å². The van der Waals surface area contributed by atoms with Gasteiger partial charge in [0.25, 0.3) is 0 Å². The van der Waals surface area contributed by atoms with Crippen LogP contribution in [-0.2, 0) is 0 Å². The highest BCUT2D eigenvalue weighted by molar-refractivity contribution is 8.00. The zero-order valence-corrected chi connectivity index (χ0v) is 13.0. The molecule has 0 radical (unpaired) electrons. The van der Waals surface area contributed by atoms with E-state index in [0.717, 1.165) is 17.7 Å². The Balaban J connectivity index is 2.50. The van der Waals surface area contributed by atoms with Gasteiger partial charge >= 0.3 is 0 Å². The minimum atomic E-state index is 0.595. The standard InChI is InChI=1S/C14H30N2S/c1-6-13-10-16(7-8-17-13)14(11(2)3)9-15-12(4)5/h11-15H,6-10H2,1-5H3. The summed E-state index contributed by atoms with van der Waals surface area (Å²) in [6, 6.07) is 1.30. The highest BCUT2D eigenvalue weighted by atomic mass is 32.2. The molecule has 1 aliphatic rings. The zero-order chi connectivity index (χ0) is 12.8. The summed E-state index contributed by atoms with van der Waals surface area (Å²) in [7, 11) is 0. The minimum Gasteiger partial charge on any atom is -0.313 e. The van der Waals surface area contributed by atoms with Crippen LogP contribution >= 0.6 is 11.8 Å². The lowest BCUT2D eigenvalue weighted by molar-refractivity contribution is 0.153. The second-order valence-corrected chi connectivity index (χ2v) is 7.18. The van der Waals surface area contributed by atoms with Crippen LogP contribution in [0.5, 0.6) is 0 Å². The van der Waals surface area contributed by atoms with Crippen molar-refractivity contribution in [1.29, 1.82) is 0 Å². The fourth-order valence-electron chi connectivity index (χ4n) is 2.43. The van der Waals surface area contributed by atoms with E-state index in [1.807, 2.05) is 0 Å². The molecule has 2 atom stereocenters. The number of rotatable bonds is 6. The Kier molecular flexibility index (Phi) is 6.90. The normalized spacial score (nSPS) is 24.5. The van der Waals surface area contributed by atoms with E-state index < -0.39 is 0 Å². The molecule has 1 fully saturated rings. The van der Waals surface area contributed by atoms with Gasteiger partial charge in [-0.2, -0.15) is 11.8 Å². The van der Waals surface area contributed by atoms with Gasteiger partial charge in [0, 0.05) is 42.7 Å². The maximum absolute atomic E-state index is 3.61. The molecule has 1 saturated heterocycles. The molecule has 0 bridgehead atoms. The molecule has 1 rings (SSSR count). The van der Waals surface area contributed by atoms with Crippen LogP contribution in [0.1, 0.15) is 41.0 Å². The second kappa shape index (κ2) is 7.65. The smallest absolute Gasteiger partial charge is 0.0244 e. The lowest BCUT2D eigenvalue weighted by Crippen LogP contribution is -2.51. The summed E-state index contributed by atoms with van der Waals surface area (Å²) >= 11 is 2.16.